The molecule has 0 bridgehead atoms. The lowest BCUT2D eigenvalue weighted by atomic mass is 10.2. The number of nitrogen functional groups attached to an aromatic ring is 1. The molecule has 1 heterocycles. The van der Waals surface area contributed by atoms with E-state index in [1.54, 1.807) is 24.4 Å². The van der Waals surface area contributed by atoms with Crippen LogP contribution in [0.2, 0.25) is 0 Å². The Morgan fingerprint density at radius 3 is 3.00 bits per heavy atom. The monoisotopic (exact) mass is 192 g/mol. The van der Waals surface area contributed by atoms with E-state index in [1.807, 2.05) is 6.92 Å². The van der Waals surface area contributed by atoms with E-state index >= 15 is 0 Å². The molecule has 0 fully saturated rings. The van der Waals surface area contributed by atoms with Gasteiger partial charge >= 0.3 is 5.97 Å². The maximum absolute atomic E-state index is 10.2. The van der Waals surface area contributed by atoms with Gasteiger partial charge in [-0.05, 0) is 18.6 Å². The first-order chi connectivity index (χ1) is 6.59. The molecule has 0 amide bonds. The maximum Gasteiger partial charge on any atom is 0.307 e. The van der Waals surface area contributed by atoms with Gasteiger partial charge in [-0.25, -0.2) is 0 Å². The molecule has 1 aromatic heterocycles. The van der Waals surface area contributed by atoms with Gasteiger partial charge in [0, 0.05) is 6.20 Å². The molecule has 3 N–H and O–H groups in total. The van der Waals surface area contributed by atoms with Crippen molar-refractivity contribution >= 4 is 17.7 Å². The number of hydrogen-bond acceptors (Lipinski definition) is 3. The Morgan fingerprint density at radius 2 is 2.43 bits per heavy atom. The molecule has 0 atom stereocenters. The predicted molar refractivity (Wildman–Crippen MR) is 54.7 cm³/mol. The van der Waals surface area contributed by atoms with Crippen molar-refractivity contribution in [1.29, 1.82) is 0 Å². The third kappa shape index (κ3) is 2.90. The number of aromatic nitrogens is 1. The summed E-state index contributed by atoms with van der Waals surface area (Å²) in [4.78, 5) is 14.3. The van der Waals surface area contributed by atoms with Crippen LogP contribution in [-0.2, 0) is 4.79 Å². The lowest BCUT2D eigenvalue weighted by Gasteiger charge is -1.99. The second-order valence-corrected chi connectivity index (χ2v) is 2.94. The van der Waals surface area contributed by atoms with Crippen molar-refractivity contribution in [2.24, 2.45) is 0 Å². The molecular formula is C10H12N2O2. The van der Waals surface area contributed by atoms with Gasteiger partial charge in [0.05, 0.1) is 17.8 Å². The van der Waals surface area contributed by atoms with Gasteiger partial charge in [-0.1, -0.05) is 12.2 Å². The smallest absolute Gasteiger partial charge is 0.307 e. The normalized spacial score (nSPS) is 10.6. The third-order valence-corrected chi connectivity index (χ3v) is 1.75. The number of rotatable bonds is 3. The highest BCUT2D eigenvalue weighted by molar-refractivity contribution is 5.70. The van der Waals surface area contributed by atoms with E-state index < -0.39 is 5.97 Å². The van der Waals surface area contributed by atoms with Crippen LogP contribution in [0.3, 0.4) is 0 Å². The van der Waals surface area contributed by atoms with Crippen LogP contribution in [0, 0.1) is 6.92 Å². The quantitative estimate of drug-likeness (QED) is 0.760. The Morgan fingerprint density at radius 1 is 1.71 bits per heavy atom. The van der Waals surface area contributed by atoms with Crippen LogP contribution in [0.1, 0.15) is 17.7 Å². The molecule has 0 radical (unpaired) electrons. The summed E-state index contributed by atoms with van der Waals surface area (Å²) in [6.07, 6.45) is 4.92. The molecule has 0 spiro atoms. The Bertz CT molecular complexity index is 372. The predicted octanol–water partition coefficient (Wildman–Crippen LogP) is 1.46. The molecule has 0 aliphatic heterocycles. The third-order valence-electron chi connectivity index (χ3n) is 1.75. The fraction of sp³-hybridized carbons (Fsp3) is 0.200. The highest BCUT2D eigenvalue weighted by Gasteiger charge is 1.95. The minimum Gasteiger partial charge on any atom is -0.481 e. The topological polar surface area (TPSA) is 76.2 Å². The molecule has 14 heavy (non-hydrogen) atoms. The standard InChI is InChI=1S/C10H12N2O2/c1-7-9(11)5-8(6-12-7)3-2-4-10(13)14/h2-3,5-6H,4,11H2,1H3,(H,13,14). The van der Waals surface area contributed by atoms with E-state index in [1.165, 1.54) is 0 Å². The Kier molecular flexibility index (Phi) is 3.23. The van der Waals surface area contributed by atoms with Gasteiger partial charge in [0.2, 0.25) is 0 Å². The number of carbonyl (C=O) groups is 1. The lowest BCUT2D eigenvalue weighted by Crippen LogP contribution is -1.93. The van der Waals surface area contributed by atoms with Gasteiger partial charge in [-0.2, -0.15) is 0 Å². The number of carboxylic acids is 1. The summed E-state index contributed by atoms with van der Waals surface area (Å²) >= 11 is 0. The van der Waals surface area contributed by atoms with Crippen LogP contribution < -0.4 is 5.73 Å². The summed E-state index contributed by atoms with van der Waals surface area (Å²) in [5, 5.41) is 8.40. The van der Waals surface area contributed by atoms with Crippen LogP contribution in [0.25, 0.3) is 6.08 Å². The molecule has 74 valence electrons. The van der Waals surface area contributed by atoms with Crippen molar-refractivity contribution in [3.05, 3.63) is 29.6 Å². The molecule has 1 aromatic rings. The Hall–Kier alpha value is -1.84. The zero-order valence-corrected chi connectivity index (χ0v) is 7.90. The number of nitrogens with two attached hydrogens (primary N) is 1. The minimum atomic E-state index is -0.853. The van der Waals surface area contributed by atoms with Crippen molar-refractivity contribution in [3.8, 4) is 0 Å². The van der Waals surface area contributed by atoms with Crippen molar-refractivity contribution in [2.75, 3.05) is 5.73 Å². The lowest BCUT2D eigenvalue weighted by molar-refractivity contribution is -0.135. The molecule has 0 saturated heterocycles. The maximum atomic E-state index is 10.2. The van der Waals surface area contributed by atoms with E-state index in [2.05, 4.69) is 4.98 Å². The van der Waals surface area contributed by atoms with E-state index in [0.717, 1.165) is 11.3 Å². The van der Waals surface area contributed by atoms with Crippen molar-refractivity contribution < 1.29 is 9.90 Å². The van der Waals surface area contributed by atoms with Crippen LogP contribution in [0.15, 0.2) is 18.3 Å². The molecular weight excluding hydrogens is 180 g/mol. The number of hydrogen-bond donors (Lipinski definition) is 2. The number of aryl methyl sites for hydroxylation is 1. The molecule has 4 heteroatoms. The fourth-order valence-corrected chi connectivity index (χ4v) is 0.954. The van der Waals surface area contributed by atoms with Crippen LogP contribution in [-0.4, -0.2) is 16.1 Å². The summed E-state index contributed by atoms with van der Waals surface area (Å²) in [5.74, 6) is -0.853. The molecule has 1 rings (SSSR count). The average molecular weight is 192 g/mol. The number of nitrogens with zero attached hydrogens (tertiary/aromatic N) is 1. The van der Waals surface area contributed by atoms with Crippen LogP contribution in [0.4, 0.5) is 5.69 Å². The summed E-state index contributed by atoms with van der Waals surface area (Å²) in [6, 6.07) is 1.76. The summed E-state index contributed by atoms with van der Waals surface area (Å²) in [5.41, 5.74) is 7.85. The van der Waals surface area contributed by atoms with Crippen molar-refractivity contribution in [1.82, 2.24) is 4.98 Å². The number of anilines is 1. The Balaban J connectivity index is 2.73. The largest absolute Gasteiger partial charge is 0.481 e. The van der Waals surface area contributed by atoms with E-state index in [4.69, 9.17) is 10.8 Å². The highest BCUT2D eigenvalue weighted by atomic mass is 16.4. The molecule has 0 unspecified atom stereocenters. The first-order valence-corrected chi connectivity index (χ1v) is 4.20. The molecule has 0 aliphatic rings. The van der Waals surface area contributed by atoms with Gasteiger partial charge in [0.15, 0.2) is 0 Å². The number of pyridine rings is 1. The number of aliphatic carboxylic acids is 1. The molecule has 4 nitrogen and oxygen atoms in total. The van der Waals surface area contributed by atoms with Crippen LogP contribution >= 0.6 is 0 Å². The highest BCUT2D eigenvalue weighted by Crippen LogP contribution is 2.10. The molecule has 0 saturated carbocycles. The van der Waals surface area contributed by atoms with E-state index in [0.29, 0.717) is 5.69 Å². The van der Waals surface area contributed by atoms with Gasteiger partial charge in [0.1, 0.15) is 0 Å². The molecule has 0 aromatic carbocycles. The zero-order valence-electron chi connectivity index (χ0n) is 7.90. The molecule has 0 aliphatic carbocycles. The second kappa shape index (κ2) is 4.41. The SMILES string of the molecule is Cc1ncc(C=CCC(=O)O)cc1N. The van der Waals surface area contributed by atoms with Gasteiger partial charge in [0.25, 0.3) is 0 Å². The summed E-state index contributed by atoms with van der Waals surface area (Å²) in [7, 11) is 0. The first kappa shape index (κ1) is 10.2. The average Bonchev–Trinajstić information content (AvgIpc) is 2.10. The van der Waals surface area contributed by atoms with Gasteiger partial charge in [-0.15, -0.1) is 0 Å². The summed E-state index contributed by atoms with van der Waals surface area (Å²) < 4.78 is 0. The van der Waals surface area contributed by atoms with Gasteiger partial charge in [-0.3, -0.25) is 9.78 Å². The second-order valence-electron chi connectivity index (χ2n) is 2.94. The van der Waals surface area contributed by atoms with E-state index in [-0.39, 0.29) is 6.42 Å². The first-order valence-electron chi connectivity index (χ1n) is 4.20. The van der Waals surface area contributed by atoms with Crippen molar-refractivity contribution in [3.63, 3.8) is 0 Å². The Labute approximate surface area is 82.1 Å². The zero-order chi connectivity index (χ0) is 10.6. The van der Waals surface area contributed by atoms with Gasteiger partial charge < -0.3 is 10.8 Å². The summed E-state index contributed by atoms with van der Waals surface area (Å²) in [6.45, 7) is 1.82. The van der Waals surface area contributed by atoms with Crippen molar-refractivity contribution in [2.45, 2.75) is 13.3 Å². The number of carboxylic acid groups (broad SMARTS) is 1. The fourth-order valence-electron chi connectivity index (χ4n) is 0.954. The van der Waals surface area contributed by atoms with Crippen LogP contribution in [0.5, 0.6) is 0 Å². The van der Waals surface area contributed by atoms with E-state index in [9.17, 15) is 4.79 Å². The minimum absolute atomic E-state index is 0.00772.